The minimum atomic E-state index is -0.521. The van der Waals surface area contributed by atoms with Crippen LogP contribution >= 0.6 is 12.4 Å². The average Bonchev–Trinajstić information content (AvgIpc) is 2.54. The summed E-state index contributed by atoms with van der Waals surface area (Å²) in [6, 6.07) is 1.86. The van der Waals surface area contributed by atoms with Crippen molar-refractivity contribution in [3.05, 3.63) is 33.4 Å². The maximum atomic E-state index is 12.8. The van der Waals surface area contributed by atoms with Crippen LogP contribution in [-0.4, -0.2) is 49.2 Å². The van der Waals surface area contributed by atoms with Gasteiger partial charge in [-0.25, -0.2) is 4.79 Å². The minimum absolute atomic E-state index is 0. The van der Waals surface area contributed by atoms with Crippen molar-refractivity contribution in [3.63, 3.8) is 0 Å². The van der Waals surface area contributed by atoms with Gasteiger partial charge in [-0.1, -0.05) is 0 Å². The molecule has 1 N–H and O–H groups in total. The molecule has 0 aliphatic carbocycles. The maximum Gasteiger partial charge on any atom is 0.349 e. The van der Waals surface area contributed by atoms with Crippen molar-refractivity contribution in [2.75, 3.05) is 26.2 Å². The van der Waals surface area contributed by atoms with Crippen LogP contribution in [0.2, 0.25) is 0 Å². The Hall–Kier alpha value is -1.37. The van der Waals surface area contributed by atoms with Gasteiger partial charge in [0.1, 0.15) is 11.3 Å². The number of hydrogen-bond donors (Lipinski definition) is 1. The molecule has 140 valence electrons. The normalized spacial score (nSPS) is 26.8. The van der Waals surface area contributed by atoms with E-state index in [1.54, 1.807) is 4.90 Å². The quantitative estimate of drug-likeness (QED) is 0.863. The van der Waals surface area contributed by atoms with E-state index in [1.165, 1.54) is 0 Å². The van der Waals surface area contributed by atoms with Crippen molar-refractivity contribution >= 4 is 18.3 Å². The highest BCUT2D eigenvalue weighted by Gasteiger charge is 2.30. The molecular weight excluding hydrogens is 344 g/mol. The van der Waals surface area contributed by atoms with Gasteiger partial charge in [-0.3, -0.25) is 4.79 Å². The average molecular weight is 371 g/mol. The molecule has 0 saturated carbocycles. The Morgan fingerprint density at radius 3 is 2.52 bits per heavy atom. The molecule has 2 saturated heterocycles. The molecular formula is C18H27ClN2O4. The molecule has 25 heavy (non-hydrogen) atoms. The van der Waals surface area contributed by atoms with Crippen molar-refractivity contribution in [2.45, 2.75) is 51.7 Å². The van der Waals surface area contributed by atoms with Gasteiger partial charge in [0.05, 0.1) is 12.2 Å². The number of nitrogens with zero attached hydrogens (tertiary/aromatic N) is 1. The van der Waals surface area contributed by atoms with Crippen LogP contribution in [0.5, 0.6) is 0 Å². The van der Waals surface area contributed by atoms with Crippen molar-refractivity contribution in [3.8, 4) is 0 Å². The minimum Gasteiger partial charge on any atom is -0.427 e. The number of carbonyl (C=O) groups excluding carboxylic acids is 1. The van der Waals surface area contributed by atoms with E-state index in [4.69, 9.17) is 9.15 Å². The van der Waals surface area contributed by atoms with Gasteiger partial charge in [0.25, 0.3) is 5.91 Å². The number of aryl methyl sites for hydroxylation is 1. The summed E-state index contributed by atoms with van der Waals surface area (Å²) in [7, 11) is 0. The topological polar surface area (TPSA) is 71.8 Å². The summed E-state index contributed by atoms with van der Waals surface area (Å²) in [5, 5.41) is 3.32. The number of rotatable bonds is 2. The first-order valence-electron chi connectivity index (χ1n) is 8.75. The Balaban J connectivity index is 0.00000225. The van der Waals surface area contributed by atoms with E-state index in [0.29, 0.717) is 24.4 Å². The molecule has 2 fully saturated rings. The number of morpholine rings is 1. The fourth-order valence-electron chi connectivity index (χ4n) is 3.69. The van der Waals surface area contributed by atoms with Crippen molar-refractivity contribution in [2.24, 2.45) is 0 Å². The molecule has 7 heteroatoms. The molecule has 1 unspecified atom stereocenters. The molecule has 1 aromatic rings. The first-order valence-corrected chi connectivity index (χ1v) is 8.75. The van der Waals surface area contributed by atoms with Gasteiger partial charge in [0.15, 0.2) is 0 Å². The molecule has 3 rings (SSSR count). The molecule has 2 aliphatic rings. The molecule has 0 spiro atoms. The smallest absolute Gasteiger partial charge is 0.349 e. The van der Waals surface area contributed by atoms with Gasteiger partial charge in [0, 0.05) is 25.6 Å². The van der Waals surface area contributed by atoms with Gasteiger partial charge in [-0.05, 0) is 51.8 Å². The Morgan fingerprint density at radius 2 is 1.96 bits per heavy atom. The summed E-state index contributed by atoms with van der Waals surface area (Å²) in [5.41, 5.74) is 0.333. The van der Waals surface area contributed by atoms with Crippen LogP contribution in [0.15, 0.2) is 15.3 Å². The molecule has 6 nitrogen and oxygen atoms in total. The van der Waals surface area contributed by atoms with Crippen LogP contribution in [0.4, 0.5) is 0 Å². The van der Waals surface area contributed by atoms with Gasteiger partial charge in [-0.2, -0.15) is 0 Å². The first kappa shape index (κ1) is 19.9. The number of hydrogen-bond acceptors (Lipinski definition) is 5. The second-order valence-electron chi connectivity index (χ2n) is 7.00. The predicted molar refractivity (Wildman–Crippen MR) is 97.7 cm³/mol. The summed E-state index contributed by atoms with van der Waals surface area (Å²) < 4.78 is 11.2. The molecule has 0 aromatic carbocycles. The zero-order valence-electron chi connectivity index (χ0n) is 15.0. The number of carbonyl (C=O) groups is 1. The van der Waals surface area contributed by atoms with Crippen LogP contribution in [0.25, 0.3) is 0 Å². The predicted octanol–water partition coefficient (Wildman–Crippen LogP) is 2.09. The van der Waals surface area contributed by atoms with Crippen molar-refractivity contribution < 1.29 is 13.9 Å². The van der Waals surface area contributed by atoms with Gasteiger partial charge in [0.2, 0.25) is 0 Å². The lowest BCUT2D eigenvalue weighted by Crippen LogP contribution is -2.49. The molecule has 0 radical (unpaired) electrons. The van der Waals surface area contributed by atoms with Crippen LogP contribution < -0.4 is 10.9 Å². The van der Waals surface area contributed by atoms with E-state index >= 15 is 0 Å². The molecule has 2 aliphatic heterocycles. The van der Waals surface area contributed by atoms with Crippen LogP contribution in [0.3, 0.4) is 0 Å². The van der Waals surface area contributed by atoms with E-state index in [-0.39, 0.29) is 42.0 Å². The Labute approximate surface area is 154 Å². The van der Waals surface area contributed by atoms with Crippen molar-refractivity contribution in [1.29, 1.82) is 0 Å². The highest BCUT2D eigenvalue weighted by Crippen LogP contribution is 2.24. The summed E-state index contributed by atoms with van der Waals surface area (Å²) in [6.07, 6.45) is 2.01. The monoisotopic (exact) mass is 370 g/mol. The molecule has 1 amide bonds. The summed E-state index contributed by atoms with van der Waals surface area (Å²) in [5.74, 6) is 0.638. The van der Waals surface area contributed by atoms with Crippen LogP contribution in [0.1, 0.15) is 54.3 Å². The highest BCUT2D eigenvalue weighted by molar-refractivity contribution is 5.95. The highest BCUT2D eigenvalue weighted by atomic mass is 35.5. The zero-order valence-corrected chi connectivity index (χ0v) is 15.9. The third kappa shape index (κ3) is 4.43. The summed E-state index contributed by atoms with van der Waals surface area (Å²) in [6.45, 7) is 8.50. The molecule has 1 aromatic heterocycles. The maximum absolute atomic E-state index is 12.8. The number of amides is 1. The first-order chi connectivity index (χ1) is 11.5. The van der Waals surface area contributed by atoms with E-state index in [1.807, 2.05) is 26.8 Å². The number of nitrogens with one attached hydrogen (secondary N) is 1. The lowest BCUT2D eigenvalue weighted by Gasteiger charge is -2.35. The fraction of sp³-hybridized carbons (Fsp3) is 0.667. The number of halogens is 1. The van der Waals surface area contributed by atoms with Crippen LogP contribution in [0, 0.1) is 6.92 Å². The number of ether oxygens (including phenoxy) is 1. The third-order valence-corrected chi connectivity index (χ3v) is 4.79. The van der Waals surface area contributed by atoms with Gasteiger partial charge >= 0.3 is 5.63 Å². The standard InChI is InChI=1S/C18H26N2O4.ClH/c1-11-7-15(14-5-4-6-19-8-14)24-18(22)16(11)17(21)20-9-12(2)23-13(3)10-20;/h7,12-14,19H,4-6,8-10H2,1-3H3;1H/t12-,13+,14?;. The van der Waals surface area contributed by atoms with Gasteiger partial charge in [-0.15, -0.1) is 12.4 Å². The van der Waals surface area contributed by atoms with Crippen LogP contribution in [-0.2, 0) is 4.74 Å². The van der Waals surface area contributed by atoms with Gasteiger partial charge < -0.3 is 19.4 Å². The second kappa shape index (κ2) is 8.34. The zero-order chi connectivity index (χ0) is 17.3. The Bertz CT molecular complexity index is 660. The molecule has 3 atom stereocenters. The van der Waals surface area contributed by atoms with E-state index in [2.05, 4.69) is 5.32 Å². The second-order valence-corrected chi connectivity index (χ2v) is 7.00. The fourth-order valence-corrected chi connectivity index (χ4v) is 3.69. The number of piperidine rings is 1. The largest absolute Gasteiger partial charge is 0.427 e. The lowest BCUT2D eigenvalue weighted by atomic mass is 9.95. The van der Waals surface area contributed by atoms with Crippen molar-refractivity contribution in [1.82, 2.24) is 10.2 Å². The Kier molecular flexibility index (Phi) is 6.65. The lowest BCUT2D eigenvalue weighted by molar-refractivity contribution is -0.0587. The summed E-state index contributed by atoms with van der Waals surface area (Å²) >= 11 is 0. The summed E-state index contributed by atoms with van der Waals surface area (Å²) in [4.78, 5) is 27.0. The SMILES string of the molecule is Cc1cc(C2CCCNC2)oc(=O)c1C(=O)N1C[C@@H](C)O[C@@H](C)C1.Cl. The van der Waals surface area contributed by atoms with E-state index in [9.17, 15) is 9.59 Å². The Morgan fingerprint density at radius 1 is 1.28 bits per heavy atom. The third-order valence-electron chi connectivity index (χ3n) is 4.79. The van der Waals surface area contributed by atoms with E-state index < -0.39 is 5.63 Å². The molecule has 3 heterocycles. The van der Waals surface area contributed by atoms with E-state index in [0.717, 1.165) is 25.9 Å². The molecule has 0 bridgehead atoms.